The van der Waals surface area contributed by atoms with Crippen molar-refractivity contribution < 1.29 is 17.9 Å². The van der Waals surface area contributed by atoms with E-state index in [0.29, 0.717) is 36.2 Å². The maximum Gasteiger partial charge on any atom is 0.261 e. The second kappa shape index (κ2) is 10.0. The fourth-order valence-corrected chi connectivity index (χ4v) is 4.18. The third-order valence-electron chi connectivity index (χ3n) is 4.72. The maximum absolute atomic E-state index is 12.7. The van der Waals surface area contributed by atoms with Crippen LogP contribution in [0.15, 0.2) is 41.3 Å². The molecule has 2 aromatic carbocycles. The number of carbonyl (C=O) groups excluding carboxylic acids is 1. The van der Waals surface area contributed by atoms with Crippen LogP contribution in [-0.2, 0) is 14.8 Å². The first-order chi connectivity index (χ1) is 14.3. The van der Waals surface area contributed by atoms with Gasteiger partial charge in [0.05, 0.1) is 21.2 Å². The second-order valence-electron chi connectivity index (χ2n) is 7.34. The summed E-state index contributed by atoms with van der Waals surface area (Å²) in [5.74, 6) is 0.269. The predicted molar refractivity (Wildman–Crippen MR) is 119 cm³/mol. The van der Waals surface area contributed by atoms with Gasteiger partial charge in [-0.2, -0.15) is 0 Å². The summed E-state index contributed by atoms with van der Waals surface area (Å²) in [4.78, 5) is 12.4. The van der Waals surface area contributed by atoms with Crippen molar-refractivity contribution in [1.29, 1.82) is 0 Å². The van der Waals surface area contributed by atoms with Crippen molar-refractivity contribution in [2.24, 2.45) is 5.92 Å². The number of anilines is 1. The minimum atomic E-state index is -3.92. The van der Waals surface area contributed by atoms with Crippen LogP contribution >= 0.6 is 23.2 Å². The van der Waals surface area contributed by atoms with Gasteiger partial charge in [-0.15, -0.1) is 0 Å². The fraction of sp³-hybridized carbons (Fsp3) is 0.381. The number of aryl methyl sites for hydroxylation is 1. The van der Waals surface area contributed by atoms with E-state index >= 15 is 0 Å². The molecule has 162 valence electrons. The highest BCUT2D eigenvalue weighted by Crippen LogP contribution is 2.28. The van der Waals surface area contributed by atoms with Crippen LogP contribution in [0.5, 0.6) is 0 Å². The van der Waals surface area contributed by atoms with E-state index in [9.17, 15) is 13.2 Å². The molecule has 0 atom stereocenters. The molecule has 0 radical (unpaired) electrons. The van der Waals surface area contributed by atoms with Crippen molar-refractivity contribution >= 4 is 44.8 Å². The van der Waals surface area contributed by atoms with Crippen molar-refractivity contribution in [2.75, 3.05) is 24.5 Å². The van der Waals surface area contributed by atoms with Crippen LogP contribution in [0, 0.1) is 12.8 Å². The number of carbonyl (C=O) groups is 1. The SMILES string of the molecule is Cc1ccc(NS(=O)(=O)c2ccc(Cl)c(C(=O)NCCCOCC3CC3)c2)cc1Cl. The van der Waals surface area contributed by atoms with Crippen LogP contribution in [0.2, 0.25) is 10.0 Å². The molecule has 0 aliphatic heterocycles. The van der Waals surface area contributed by atoms with Gasteiger partial charge in [-0.3, -0.25) is 9.52 Å². The summed E-state index contributed by atoms with van der Waals surface area (Å²) < 4.78 is 33.5. The van der Waals surface area contributed by atoms with E-state index in [1.165, 1.54) is 37.1 Å². The zero-order valence-corrected chi connectivity index (χ0v) is 18.9. The molecule has 1 fully saturated rings. The number of hydrogen-bond donors (Lipinski definition) is 2. The standard InChI is InChI=1S/C21H24Cl2N2O4S/c1-14-3-6-16(11-20(14)23)25-30(27,28)17-7-8-19(22)18(12-17)21(26)24-9-2-10-29-13-15-4-5-15/h3,6-8,11-12,15,25H,2,4-5,9-10,13H2,1H3,(H,24,26). The fourth-order valence-electron chi connectivity index (χ4n) is 2.72. The first-order valence-corrected chi connectivity index (χ1v) is 11.9. The van der Waals surface area contributed by atoms with Gasteiger partial charge in [0.25, 0.3) is 15.9 Å². The first kappa shape index (κ1) is 22.9. The number of hydrogen-bond acceptors (Lipinski definition) is 4. The molecule has 2 N–H and O–H groups in total. The molecule has 1 aliphatic carbocycles. The monoisotopic (exact) mass is 470 g/mol. The smallest absolute Gasteiger partial charge is 0.261 e. The number of rotatable bonds is 10. The van der Waals surface area contributed by atoms with E-state index in [1.54, 1.807) is 12.1 Å². The molecule has 1 amide bonds. The highest BCUT2D eigenvalue weighted by Gasteiger charge is 2.21. The Morgan fingerprint density at radius 1 is 1.13 bits per heavy atom. The number of benzene rings is 2. The summed E-state index contributed by atoms with van der Waals surface area (Å²) in [5.41, 5.74) is 1.26. The number of amides is 1. The molecule has 0 bridgehead atoms. The van der Waals surface area contributed by atoms with Crippen molar-refractivity contribution in [3.8, 4) is 0 Å². The van der Waals surface area contributed by atoms with Crippen molar-refractivity contribution in [3.63, 3.8) is 0 Å². The minimum absolute atomic E-state index is 0.0680. The predicted octanol–water partition coefficient (Wildman–Crippen LogP) is 4.65. The molecule has 30 heavy (non-hydrogen) atoms. The van der Waals surface area contributed by atoms with Gasteiger partial charge >= 0.3 is 0 Å². The summed E-state index contributed by atoms with van der Waals surface area (Å²) in [7, 11) is -3.92. The van der Waals surface area contributed by atoms with Gasteiger partial charge in [0.2, 0.25) is 0 Å². The quantitative estimate of drug-likeness (QED) is 0.494. The number of sulfonamides is 1. The van der Waals surface area contributed by atoms with Gasteiger partial charge in [0, 0.05) is 24.8 Å². The zero-order chi connectivity index (χ0) is 21.7. The Bertz CT molecular complexity index is 1020. The molecule has 2 aromatic rings. The Morgan fingerprint density at radius 2 is 1.90 bits per heavy atom. The molecule has 0 heterocycles. The Hall–Kier alpha value is -1.80. The third kappa shape index (κ3) is 6.35. The number of nitrogens with one attached hydrogen (secondary N) is 2. The van der Waals surface area contributed by atoms with E-state index in [1.807, 2.05) is 6.92 Å². The van der Waals surface area contributed by atoms with Crippen LogP contribution in [0.25, 0.3) is 0 Å². The van der Waals surface area contributed by atoms with Gasteiger partial charge in [0.1, 0.15) is 0 Å². The van der Waals surface area contributed by atoms with Crippen molar-refractivity contribution in [1.82, 2.24) is 5.32 Å². The Morgan fingerprint density at radius 3 is 2.60 bits per heavy atom. The average molecular weight is 471 g/mol. The largest absolute Gasteiger partial charge is 0.381 e. The Labute approximate surface area is 187 Å². The molecule has 6 nitrogen and oxygen atoms in total. The second-order valence-corrected chi connectivity index (χ2v) is 9.84. The van der Waals surface area contributed by atoms with Crippen LogP contribution in [-0.4, -0.2) is 34.1 Å². The van der Waals surface area contributed by atoms with E-state index < -0.39 is 15.9 Å². The summed E-state index contributed by atoms with van der Waals surface area (Å²) in [6.07, 6.45) is 3.14. The molecule has 1 saturated carbocycles. The van der Waals surface area contributed by atoms with Gasteiger partial charge < -0.3 is 10.1 Å². The van der Waals surface area contributed by atoms with Gasteiger partial charge in [-0.1, -0.05) is 29.3 Å². The summed E-state index contributed by atoms with van der Waals surface area (Å²) in [6, 6.07) is 8.88. The number of ether oxygens (including phenoxy) is 1. The first-order valence-electron chi connectivity index (χ1n) is 9.71. The molecular formula is C21H24Cl2N2O4S. The summed E-state index contributed by atoms with van der Waals surface area (Å²) >= 11 is 12.2. The average Bonchev–Trinajstić information content (AvgIpc) is 3.51. The zero-order valence-electron chi connectivity index (χ0n) is 16.6. The lowest BCUT2D eigenvalue weighted by atomic mass is 10.2. The minimum Gasteiger partial charge on any atom is -0.381 e. The number of halogens is 2. The topological polar surface area (TPSA) is 84.5 Å². The van der Waals surface area contributed by atoms with Crippen LogP contribution in [0.1, 0.15) is 35.2 Å². The normalized spacial score (nSPS) is 13.8. The van der Waals surface area contributed by atoms with E-state index in [2.05, 4.69) is 10.0 Å². The Kier molecular flexibility index (Phi) is 7.63. The van der Waals surface area contributed by atoms with E-state index in [0.717, 1.165) is 12.2 Å². The van der Waals surface area contributed by atoms with Gasteiger partial charge in [-0.05, 0) is 68.0 Å². The van der Waals surface area contributed by atoms with Gasteiger partial charge in [0.15, 0.2) is 0 Å². The summed E-state index contributed by atoms with van der Waals surface area (Å²) in [5, 5.41) is 3.38. The molecule has 9 heteroatoms. The Balaban J connectivity index is 1.62. The van der Waals surface area contributed by atoms with Crippen molar-refractivity contribution in [3.05, 3.63) is 57.6 Å². The molecule has 0 unspecified atom stereocenters. The van der Waals surface area contributed by atoms with Crippen molar-refractivity contribution in [2.45, 2.75) is 31.1 Å². The highest BCUT2D eigenvalue weighted by atomic mass is 35.5. The van der Waals surface area contributed by atoms with Crippen LogP contribution in [0.3, 0.4) is 0 Å². The van der Waals surface area contributed by atoms with Crippen LogP contribution < -0.4 is 10.0 Å². The van der Waals surface area contributed by atoms with E-state index in [-0.39, 0.29) is 15.5 Å². The molecule has 1 aliphatic rings. The summed E-state index contributed by atoms with van der Waals surface area (Å²) in [6.45, 7) is 3.59. The molecule has 3 rings (SSSR count). The van der Waals surface area contributed by atoms with Gasteiger partial charge in [-0.25, -0.2) is 8.42 Å². The van der Waals surface area contributed by atoms with E-state index in [4.69, 9.17) is 27.9 Å². The lowest BCUT2D eigenvalue weighted by Crippen LogP contribution is -2.26. The molecule has 0 spiro atoms. The van der Waals surface area contributed by atoms with Crippen LogP contribution in [0.4, 0.5) is 5.69 Å². The molecule has 0 saturated heterocycles. The molecular weight excluding hydrogens is 447 g/mol. The maximum atomic E-state index is 12.7. The lowest BCUT2D eigenvalue weighted by molar-refractivity contribution is 0.0937. The third-order valence-corrected chi connectivity index (χ3v) is 6.83. The highest BCUT2D eigenvalue weighted by molar-refractivity contribution is 7.92. The lowest BCUT2D eigenvalue weighted by Gasteiger charge is -2.12. The molecule has 0 aromatic heterocycles.